The molecule has 132 valence electrons. The van der Waals surface area contributed by atoms with Crippen molar-refractivity contribution in [2.75, 3.05) is 13.7 Å². The smallest absolute Gasteiger partial charge is 0.261 e. The van der Waals surface area contributed by atoms with Gasteiger partial charge in [0.05, 0.1) is 6.04 Å². The third-order valence-electron chi connectivity index (χ3n) is 4.19. The second kappa shape index (κ2) is 8.30. The van der Waals surface area contributed by atoms with Crippen LogP contribution < -0.4 is 4.74 Å². The average molecular weight is 349 g/mol. The molecule has 4 heteroatoms. The Bertz CT molecular complexity index is 835. The Morgan fingerprint density at radius 2 is 1.42 bits per heavy atom. The van der Waals surface area contributed by atoms with Gasteiger partial charge in [0.1, 0.15) is 11.6 Å². The lowest BCUT2D eigenvalue weighted by Gasteiger charge is -2.29. The monoisotopic (exact) mass is 349 g/mol. The topological polar surface area (TPSA) is 29.5 Å². The first-order valence-electron chi connectivity index (χ1n) is 8.39. The molecule has 0 aliphatic carbocycles. The molecular weight excluding hydrogens is 329 g/mol. The Kier molecular flexibility index (Phi) is 5.64. The molecule has 0 saturated heterocycles. The molecule has 3 nitrogen and oxygen atoms in total. The summed E-state index contributed by atoms with van der Waals surface area (Å²) in [4.78, 5) is 14.3. The van der Waals surface area contributed by atoms with Crippen LogP contribution in [0.3, 0.4) is 0 Å². The Balaban J connectivity index is 1.81. The molecule has 26 heavy (non-hydrogen) atoms. The molecule has 0 saturated carbocycles. The van der Waals surface area contributed by atoms with Gasteiger partial charge in [-0.15, -0.1) is 0 Å². The first kappa shape index (κ1) is 17.7. The minimum Gasteiger partial charge on any atom is -0.484 e. The summed E-state index contributed by atoms with van der Waals surface area (Å²) in [7, 11) is 1.73. The lowest BCUT2D eigenvalue weighted by Crippen LogP contribution is -2.35. The van der Waals surface area contributed by atoms with Crippen molar-refractivity contribution in [3.63, 3.8) is 0 Å². The summed E-state index contributed by atoms with van der Waals surface area (Å²) >= 11 is 0. The second-order valence-corrected chi connectivity index (χ2v) is 5.97. The van der Waals surface area contributed by atoms with Crippen LogP contribution in [-0.4, -0.2) is 24.5 Å². The molecule has 0 spiro atoms. The number of halogens is 1. The molecule has 0 bridgehead atoms. The summed E-state index contributed by atoms with van der Waals surface area (Å²) in [6.07, 6.45) is 0. The minimum absolute atomic E-state index is 0.0644. The lowest BCUT2D eigenvalue weighted by atomic mass is 9.97. The number of amides is 1. The molecule has 0 aromatic heterocycles. The van der Waals surface area contributed by atoms with E-state index in [0.29, 0.717) is 5.75 Å². The molecule has 0 N–H and O–H groups in total. The maximum Gasteiger partial charge on any atom is 0.261 e. The fourth-order valence-corrected chi connectivity index (χ4v) is 2.83. The van der Waals surface area contributed by atoms with Crippen LogP contribution in [0.4, 0.5) is 4.39 Å². The molecule has 0 heterocycles. The molecule has 0 radical (unpaired) electrons. The summed E-state index contributed by atoms with van der Waals surface area (Å²) in [5.41, 5.74) is 1.79. The number of carbonyl (C=O) groups excluding carboxylic acids is 1. The van der Waals surface area contributed by atoms with Crippen LogP contribution in [0.15, 0.2) is 84.9 Å². The van der Waals surface area contributed by atoms with Gasteiger partial charge in [0.15, 0.2) is 6.61 Å². The van der Waals surface area contributed by atoms with Crippen molar-refractivity contribution in [2.45, 2.75) is 6.04 Å². The van der Waals surface area contributed by atoms with Crippen molar-refractivity contribution in [3.05, 3.63) is 102 Å². The van der Waals surface area contributed by atoms with E-state index in [2.05, 4.69) is 0 Å². The van der Waals surface area contributed by atoms with E-state index >= 15 is 0 Å². The van der Waals surface area contributed by atoms with Gasteiger partial charge in [-0.1, -0.05) is 60.7 Å². The fourth-order valence-electron chi connectivity index (χ4n) is 2.83. The quantitative estimate of drug-likeness (QED) is 0.658. The van der Waals surface area contributed by atoms with E-state index in [1.165, 1.54) is 12.1 Å². The van der Waals surface area contributed by atoms with Gasteiger partial charge in [-0.3, -0.25) is 4.79 Å². The van der Waals surface area contributed by atoms with Gasteiger partial charge in [-0.05, 0) is 35.4 Å². The van der Waals surface area contributed by atoms with Gasteiger partial charge >= 0.3 is 0 Å². The zero-order chi connectivity index (χ0) is 18.4. The number of para-hydroxylation sites is 1. The molecule has 0 aliphatic rings. The first-order chi connectivity index (χ1) is 12.6. The van der Waals surface area contributed by atoms with Gasteiger partial charge < -0.3 is 9.64 Å². The van der Waals surface area contributed by atoms with E-state index in [0.717, 1.165) is 11.1 Å². The number of hydrogen-bond acceptors (Lipinski definition) is 2. The van der Waals surface area contributed by atoms with Crippen LogP contribution in [0.5, 0.6) is 5.75 Å². The molecule has 0 fully saturated rings. The van der Waals surface area contributed by atoms with Gasteiger partial charge in [0.25, 0.3) is 5.91 Å². The Morgan fingerprint density at radius 3 is 2.04 bits per heavy atom. The van der Waals surface area contributed by atoms with Crippen LogP contribution in [0.25, 0.3) is 0 Å². The normalized spacial score (nSPS) is 11.6. The van der Waals surface area contributed by atoms with Gasteiger partial charge in [0, 0.05) is 7.05 Å². The van der Waals surface area contributed by atoms with E-state index < -0.39 is 0 Å². The third-order valence-corrected chi connectivity index (χ3v) is 4.19. The van der Waals surface area contributed by atoms with E-state index in [1.807, 2.05) is 60.7 Å². The van der Waals surface area contributed by atoms with Gasteiger partial charge in [0.2, 0.25) is 0 Å². The molecule has 0 aliphatic heterocycles. The van der Waals surface area contributed by atoms with Crippen molar-refractivity contribution in [1.29, 1.82) is 0 Å². The van der Waals surface area contributed by atoms with Gasteiger partial charge in [-0.25, -0.2) is 4.39 Å². The predicted molar refractivity (Wildman–Crippen MR) is 99.4 cm³/mol. The maximum atomic E-state index is 13.3. The Labute approximate surface area is 152 Å². The summed E-state index contributed by atoms with van der Waals surface area (Å²) < 4.78 is 18.9. The summed E-state index contributed by atoms with van der Waals surface area (Å²) in [5, 5.41) is 0. The standard InChI is InChI=1S/C22H20FNO2/c1-24(21(25)16-26-20-10-6-3-7-11-20)22(17-8-4-2-5-9-17)18-12-14-19(23)15-13-18/h2-15,22H,16H2,1H3. The molecular formula is C22H20FNO2. The van der Waals surface area contributed by atoms with E-state index in [-0.39, 0.29) is 24.4 Å². The highest BCUT2D eigenvalue weighted by molar-refractivity contribution is 5.78. The fraction of sp³-hybridized carbons (Fsp3) is 0.136. The number of benzene rings is 3. The van der Waals surface area contributed by atoms with Crippen LogP contribution >= 0.6 is 0 Å². The number of carbonyl (C=O) groups is 1. The molecule has 1 amide bonds. The van der Waals surface area contributed by atoms with Gasteiger partial charge in [-0.2, -0.15) is 0 Å². The summed E-state index contributed by atoms with van der Waals surface area (Å²) in [6, 6.07) is 24.8. The molecule has 1 atom stereocenters. The zero-order valence-electron chi connectivity index (χ0n) is 14.5. The lowest BCUT2D eigenvalue weighted by molar-refractivity contribution is -0.133. The largest absolute Gasteiger partial charge is 0.484 e. The maximum absolute atomic E-state index is 13.3. The zero-order valence-corrected chi connectivity index (χ0v) is 14.5. The SMILES string of the molecule is CN(C(=O)COc1ccccc1)C(c1ccccc1)c1ccc(F)cc1. The van der Waals surface area contributed by atoms with Crippen molar-refractivity contribution in [3.8, 4) is 5.75 Å². The van der Waals surface area contributed by atoms with Crippen molar-refractivity contribution in [1.82, 2.24) is 4.90 Å². The van der Waals surface area contributed by atoms with E-state index in [4.69, 9.17) is 4.74 Å². The van der Waals surface area contributed by atoms with Crippen LogP contribution in [0.1, 0.15) is 17.2 Å². The first-order valence-corrected chi connectivity index (χ1v) is 8.39. The minimum atomic E-state index is -0.316. The van der Waals surface area contributed by atoms with Crippen molar-refractivity contribution < 1.29 is 13.9 Å². The number of nitrogens with zero attached hydrogens (tertiary/aromatic N) is 1. The highest BCUT2D eigenvalue weighted by Crippen LogP contribution is 2.28. The van der Waals surface area contributed by atoms with Crippen LogP contribution in [0.2, 0.25) is 0 Å². The van der Waals surface area contributed by atoms with Crippen LogP contribution in [0, 0.1) is 5.82 Å². The number of hydrogen-bond donors (Lipinski definition) is 0. The number of likely N-dealkylation sites (N-methyl/N-ethyl adjacent to an activating group) is 1. The third kappa shape index (κ3) is 4.28. The highest BCUT2D eigenvalue weighted by atomic mass is 19.1. The Morgan fingerprint density at radius 1 is 0.885 bits per heavy atom. The predicted octanol–water partition coefficient (Wildman–Crippen LogP) is 4.45. The van der Waals surface area contributed by atoms with Crippen molar-refractivity contribution >= 4 is 5.91 Å². The van der Waals surface area contributed by atoms with E-state index in [1.54, 1.807) is 24.1 Å². The number of rotatable bonds is 6. The molecule has 3 aromatic rings. The summed E-state index contributed by atoms with van der Waals surface area (Å²) in [5.74, 6) is 0.182. The molecule has 3 rings (SSSR count). The van der Waals surface area contributed by atoms with Crippen molar-refractivity contribution in [2.24, 2.45) is 0 Å². The summed E-state index contributed by atoms with van der Waals surface area (Å²) in [6.45, 7) is -0.0644. The average Bonchev–Trinajstić information content (AvgIpc) is 2.69. The van der Waals surface area contributed by atoms with E-state index in [9.17, 15) is 9.18 Å². The molecule has 3 aromatic carbocycles. The number of ether oxygens (including phenoxy) is 1. The highest BCUT2D eigenvalue weighted by Gasteiger charge is 2.23. The van der Waals surface area contributed by atoms with Crippen LogP contribution in [-0.2, 0) is 4.79 Å². The Hall–Kier alpha value is -3.14. The molecule has 1 unspecified atom stereocenters. The second-order valence-electron chi connectivity index (χ2n) is 5.97.